The van der Waals surface area contributed by atoms with Crippen molar-refractivity contribution in [2.45, 2.75) is 33.3 Å². The number of carbonyl (C=O) groups is 3. The summed E-state index contributed by atoms with van der Waals surface area (Å²) in [6, 6.07) is 3.24. The molecule has 6 heteroatoms. The monoisotopic (exact) mass is 291 g/mol. The Morgan fingerprint density at radius 2 is 2.10 bits per heavy atom. The molecule has 112 valence electrons. The van der Waals surface area contributed by atoms with Crippen molar-refractivity contribution in [3.05, 3.63) is 23.3 Å². The van der Waals surface area contributed by atoms with Crippen molar-refractivity contribution in [3.8, 4) is 5.75 Å². The fourth-order valence-corrected chi connectivity index (χ4v) is 2.24. The molecular formula is C15H17NO5. The highest BCUT2D eigenvalue weighted by molar-refractivity contribution is 6.04. The molecule has 0 fully saturated rings. The van der Waals surface area contributed by atoms with Gasteiger partial charge in [-0.3, -0.25) is 14.4 Å². The first-order valence-electron chi connectivity index (χ1n) is 6.67. The standard InChI is InChI=1S/C15H17NO5/c1-7-4-12-11(16-15(20)9(3)21-12)6-10(7)14(19)8(2)5-13(17)18/h4,6,8-9H,5H2,1-3H3,(H,16,20)(H,17,18). The molecule has 1 aromatic carbocycles. The summed E-state index contributed by atoms with van der Waals surface area (Å²) >= 11 is 0. The van der Waals surface area contributed by atoms with Gasteiger partial charge in [-0.15, -0.1) is 0 Å². The van der Waals surface area contributed by atoms with Crippen LogP contribution in [0.25, 0.3) is 0 Å². The molecule has 0 saturated carbocycles. The molecular weight excluding hydrogens is 274 g/mol. The maximum absolute atomic E-state index is 12.3. The molecule has 1 aliphatic rings. The van der Waals surface area contributed by atoms with Gasteiger partial charge < -0.3 is 15.2 Å². The molecule has 1 aromatic rings. The van der Waals surface area contributed by atoms with Crippen molar-refractivity contribution >= 4 is 23.3 Å². The lowest BCUT2D eigenvalue weighted by Gasteiger charge is -2.24. The number of hydrogen-bond donors (Lipinski definition) is 2. The molecule has 1 amide bonds. The summed E-state index contributed by atoms with van der Waals surface area (Å²) in [6.07, 6.45) is -0.806. The molecule has 0 aromatic heterocycles. The fourth-order valence-electron chi connectivity index (χ4n) is 2.24. The molecule has 0 bridgehead atoms. The summed E-state index contributed by atoms with van der Waals surface area (Å²) in [7, 11) is 0. The largest absolute Gasteiger partial charge is 0.481 e. The number of ether oxygens (including phenoxy) is 1. The van der Waals surface area contributed by atoms with Gasteiger partial charge in [-0.05, 0) is 31.5 Å². The van der Waals surface area contributed by atoms with Crippen LogP contribution in [0.5, 0.6) is 5.75 Å². The van der Waals surface area contributed by atoms with E-state index in [-0.39, 0.29) is 18.1 Å². The van der Waals surface area contributed by atoms with Gasteiger partial charge in [-0.2, -0.15) is 0 Å². The zero-order valence-corrected chi connectivity index (χ0v) is 12.1. The van der Waals surface area contributed by atoms with Crippen LogP contribution < -0.4 is 10.1 Å². The van der Waals surface area contributed by atoms with E-state index in [9.17, 15) is 14.4 Å². The predicted octanol–water partition coefficient (Wildman–Crippen LogP) is 2.01. The molecule has 2 rings (SSSR count). The van der Waals surface area contributed by atoms with Crippen LogP contribution in [0.2, 0.25) is 0 Å². The number of amides is 1. The molecule has 21 heavy (non-hydrogen) atoms. The van der Waals surface area contributed by atoms with Crippen molar-refractivity contribution in [2.75, 3.05) is 5.32 Å². The zero-order valence-electron chi connectivity index (χ0n) is 12.1. The van der Waals surface area contributed by atoms with Crippen molar-refractivity contribution in [1.82, 2.24) is 0 Å². The lowest BCUT2D eigenvalue weighted by molar-refractivity contribution is -0.137. The highest BCUT2D eigenvalue weighted by Gasteiger charge is 2.27. The minimum absolute atomic E-state index is 0.227. The van der Waals surface area contributed by atoms with E-state index >= 15 is 0 Å². The van der Waals surface area contributed by atoms with Gasteiger partial charge in [0.1, 0.15) is 5.75 Å². The first-order valence-corrected chi connectivity index (χ1v) is 6.67. The highest BCUT2D eigenvalue weighted by Crippen LogP contribution is 2.33. The number of aliphatic carboxylic acids is 1. The predicted molar refractivity (Wildman–Crippen MR) is 75.6 cm³/mol. The number of Topliss-reactive ketones (excluding diaryl/α,β-unsaturated/α-hetero) is 1. The number of nitrogens with one attached hydrogen (secondary N) is 1. The maximum Gasteiger partial charge on any atom is 0.304 e. The van der Waals surface area contributed by atoms with Crippen molar-refractivity contribution in [2.24, 2.45) is 5.92 Å². The summed E-state index contributed by atoms with van der Waals surface area (Å²) in [6.45, 7) is 4.97. The molecule has 2 N–H and O–H groups in total. The lowest BCUT2D eigenvalue weighted by Crippen LogP contribution is -2.34. The molecule has 1 aliphatic heterocycles. The number of rotatable bonds is 4. The normalized spacial score (nSPS) is 18.2. The Kier molecular flexibility index (Phi) is 3.97. The number of anilines is 1. The number of hydrogen-bond acceptors (Lipinski definition) is 4. The summed E-state index contributed by atoms with van der Waals surface area (Å²) < 4.78 is 5.47. The van der Waals surface area contributed by atoms with E-state index in [1.165, 1.54) is 0 Å². The molecule has 2 unspecified atom stereocenters. The van der Waals surface area contributed by atoms with Gasteiger partial charge >= 0.3 is 5.97 Å². The topological polar surface area (TPSA) is 92.7 Å². The number of benzene rings is 1. The summed E-state index contributed by atoms with van der Waals surface area (Å²) in [4.78, 5) is 34.6. The number of ketones is 1. The number of aryl methyl sites for hydroxylation is 1. The third-order valence-electron chi connectivity index (χ3n) is 3.45. The van der Waals surface area contributed by atoms with E-state index < -0.39 is 18.0 Å². The second kappa shape index (κ2) is 5.55. The van der Waals surface area contributed by atoms with Gasteiger partial charge in [0.25, 0.3) is 5.91 Å². The van der Waals surface area contributed by atoms with Gasteiger partial charge in [0.05, 0.1) is 12.1 Å². The Morgan fingerprint density at radius 3 is 2.71 bits per heavy atom. The average molecular weight is 291 g/mol. The Hall–Kier alpha value is -2.37. The number of carboxylic acid groups (broad SMARTS) is 1. The minimum Gasteiger partial charge on any atom is -0.481 e. The van der Waals surface area contributed by atoms with Crippen LogP contribution >= 0.6 is 0 Å². The first kappa shape index (κ1) is 15.0. The first-order chi connectivity index (χ1) is 9.79. The Morgan fingerprint density at radius 1 is 1.43 bits per heavy atom. The molecule has 2 atom stereocenters. The summed E-state index contributed by atoms with van der Waals surface area (Å²) in [5.74, 6) is -1.66. The summed E-state index contributed by atoms with van der Waals surface area (Å²) in [5.41, 5.74) is 1.54. The fraction of sp³-hybridized carbons (Fsp3) is 0.400. The van der Waals surface area contributed by atoms with E-state index in [4.69, 9.17) is 9.84 Å². The molecule has 0 radical (unpaired) electrons. The van der Waals surface area contributed by atoms with Crippen LogP contribution in [0.15, 0.2) is 12.1 Å². The van der Waals surface area contributed by atoms with E-state index in [1.54, 1.807) is 32.9 Å². The second-order valence-corrected chi connectivity index (χ2v) is 5.28. The van der Waals surface area contributed by atoms with Crippen molar-refractivity contribution in [3.63, 3.8) is 0 Å². The molecule has 6 nitrogen and oxygen atoms in total. The third-order valence-corrected chi connectivity index (χ3v) is 3.45. The van der Waals surface area contributed by atoms with Gasteiger partial charge in [0.15, 0.2) is 11.9 Å². The molecule has 1 heterocycles. The van der Waals surface area contributed by atoms with Gasteiger partial charge in [0.2, 0.25) is 0 Å². The van der Waals surface area contributed by atoms with Crippen LogP contribution in [0, 0.1) is 12.8 Å². The van der Waals surface area contributed by atoms with Gasteiger partial charge in [-0.1, -0.05) is 6.92 Å². The third kappa shape index (κ3) is 3.04. The Bertz CT molecular complexity index is 623. The molecule has 0 spiro atoms. The van der Waals surface area contributed by atoms with E-state index in [0.29, 0.717) is 22.6 Å². The quantitative estimate of drug-likeness (QED) is 0.828. The van der Waals surface area contributed by atoms with E-state index in [0.717, 1.165) is 0 Å². The lowest BCUT2D eigenvalue weighted by atomic mass is 9.92. The van der Waals surface area contributed by atoms with E-state index in [2.05, 4.69) is 5.32 Å². The maximum atomic E-state index is 12.3. The highest BCUT2D eigenvalue weighted by atomic mass is 16.5. The van der Waals surface area contributed by atoms with Gasteiger partial charge in [0, 0.05) is 11.5 Å². The van der Waals surface area contributed by atoms with Crippen LogP contribution in [-0.4, -0.2) is 28.9 Å². The van der Waals surface area contributed by atoms with Crippen LogP contribution in [-0.2, 0) is 9.59 Å². The van der Waals surface area contributed by atoms with Crippen LogP contribution in [0.3, 0.4) is 0 Å². The zero-order chi connectivity index (χ0) is 15.7. The van der Waals surface area contributed by atoms with Gasteiger partial charge in [-0.25, -0.2) is 0 Å². The molecule has 0 aliphatic carbocycles. The van der Waals surface area contributed by atoms with Crippen molar-refractivity contribution < 1.29 is 24.2 Å². The minimum atomic E-state index is -1.02. The Labute approximate surface area is 122 Å². The van der Waals surface area contributed by atoms with Crippen LogP contribution in [0.1, 0.15) is 36.2 Å². The smallest absolute Gasteiger partial charge is 0.304 e. The van der Waals surface area contributed by atoms with Crippen LogP contribution in [0.4, 0.5) is 5.69 Å². The number of carboxylic acids is 1. The average Bonchev–Trinajstić information content (AvgIpc) is 2.38. The SMILES string of the molecule is Cc1cc2c(cc1C(=O)C(C)CC(=O)O)NC(=O)C(C)O2. The van der Waals surface area contributed by atoms with Crippen molar-refractivity contribution in [1.29, 1.82) is 0 Å². The second-order valence-electron chi connectivity index (χ2n) is 5.28. The summed E-state index contributed by atoms with van der Waals surface area (Å²) in [5, 5.41) is 11.5. The Balaban J connectivity index is 2.34. The molecule has 0 saturated heterocycles. The number of fused-ring (bicyclic) bond motifs is 1. The number of carbonyl (C=O) groups excluding carboxylic acids is 2. The van der Waals surface area contributed by atoms with E-state index in [1.807, 2.05) is 0 Å².